The lowest BCUT2D eigenvalue weighted by atomic mass is 9.19. The predicted octanol–water partition coefficient (Wildman–Crippen LogP) is 14.4. The Balaban J connectivity index is 3.15. The maximum absolute atomic E-state index is 2.72. The summed E-state index contributed by atoms with van der Waals surface area (Å²) in [6.45, 7) is 73.7. The Morgan fingerprint density at radius 3 is 0.465 bits per heavy atom. The Morgan fingerprint density at radius 2 is 0.326 bits per heavy atom. The Kier molecular flexibility index (Phi) is 7.94. The maximum atomic E-state index is 2.72. The third-order valence-corrected chi connectivity index (χ3v) is 23.1. The van der Waals surface area contributed by atoms with Gasteiger partial charge in [-0.1, -0.05) is 194 Å². The van der Waals surface area contributed by atoms with E-state index in [0.29, 0.717) is 0 Å². The summed E-state index contributed by atoms with van der Waals surface area (Å²) in [4.78, 5) is 0. The van der Waals surface area contributed by atoms with Crippen LogP contribution in [0.25, 0.3) is 0 Å². The smallest absolute Gasteiger partial charge is 0.0156 e. The monoisotopic (exact) mass is 601 g/mol. The Labute approximate surface area is 274 Å². The average Bonchev–Trinajstić information content (AvgIpc) is 2.79. The number of hydrogen-bond acceptors (Lipinski definition) is 0. The van der Waals surface area contributed by atoms with Gasteiger partial charge >= 0.3 is 0 Å². The van der Waals surface area contributed by atoms with Crippen LogP contribution in [-0.2, 0) is 0 Å². The standard InChI is InChI=1S/C43H84/c1-29(2)31(5,6)36(15,16)42(27,37(17,18)32(29,7)8)40(23,24)35(13,14)41(25,26)43(28)38(19,20)33(9,10)30(3,4)34(11,12)39(43,21)22/h1-28H3. The quantitative estimate of drug-likeness (QED) is 0.301. The van der Waals surface area contributed by atoms with Crippen molar-refractivity contribution in [1.29, 1.82) is 0 Å². The lowest BCUT2D eigenvalue weighted by Crippen LogP contribution is -2.79. The molecule has 0 heteroatoms. The summed E-state index contributed by atoms with van der Waals surface area (Å²) < 4.78 is 0. The lowest BCUT2D eigenvalue weighted by molar-refractivity contribution is -0.371. The van der Waals surface area contributed by atoms with E-state index in [0.717, 1.165) is 0 Å². The van der Waals surface area contributed by atoms with Gasteiger partial charge in [0.1, 0.15) is 0 Å². The summed E-state index contributed by atoms with van der Waals surface area (Å²) in [5.74, 6) is 0. The van der Waals surface area contributed by atoms with Gasteiger partial charge in [0.25, 0.3) is 0 Å². The van der Waals surface area contributed by atoms with E-state index in [1.54, 1.807) is 0 Å². The SMILES string of the molecule is CC1(C)C(C)(C)C(C)(C)C(C)(C(C)(C)C(C)(C)C(C)(C)C2(C)C(C)(C)C(C)(C)C(C)(C)C(C)(C)C2(C)C)C(C)(C)C1(C)C. The average molecular weight is 601 g/mol. The van der Waals surface area contributed by atoms with Gasteiger partial charge in [-0.25, -0.2) is 0 Å². The normalized spacial score (nSPS) is 32.1. The first-order valence-corrected chi connectivity index (χ1v) is 18.0. The molecule has 43 heavy (non-hydrogen) atoms. The fourth-order valence-electron chi connectivity index (χ4n) is 13.9. The Hall–Kier alpha value is 0. The molecule has 0 N–H and O–H groups in total. The van der Waals surface area contributed by atoms with Gasteiger partial charge in [-0.3, -0.25) is 0 Å². The molecule has 0 radical (unpaired) electrons. The second kappa shape index (κ2) is 8.72. The van der Waals surface area contributed by atoms with Crippen LogP contribution in [0.1, 0.15) is 194 Å². The number of hydrogen-bond donors (Lipinski definition) is 0. The summed E-state index contributed by atoms with van der Waals surface area (Å²) in [6.07, 6.45) is 0. The molecule has 0 aromatic carbocycles. The van der Waals surface area contributed by atoms with E-state index in [2.05, 4.69) is 194 Å². The van der Waals surface area contributed by atoms with Crippen LogP contribution in [0.4, 0.5) is 0 Å². The zero-order chi connectivity index (χ0) is 35.5. The first kappa shape index (κ1) is 39.2. The topological polar surface area (TPSA) is 0 Å². The molecule has 0 aromatic rings. The van der Waals surface area contributed by atoms with E-state index in [-0.39, 0.29) is 81.2 Å². The molecular weight excluding hydrogens is 516 g/mol. The maximum Gasteiger partial charge on any atom is -0.0156 e. The summed E-state index contributed by atoms with van der Waals surface area (Å²) >= 11 is 0. The molecule has 256 valence electrons. The highest BCUT2D eigenvalue weighted by Gasteiger charge is 2.82. The molecule has 2 rings (SSSR count). The zero-order valence-corrected chi connectivity index (χ0v) is 35.5. The van der Waals surface area contributed by atoms with Crippen molar-refractivity contribution in [2.24, 2.45) is 81.2 Å². The third kappa shape index (κ3) is 3.24. The van der Waals surface area contributed by atoms with Gasteiger partial charge in [0.15, 0.2) is 0 Å². The van der Waals surface area contributed by atoms with Gasteiger partial charge in [-0.05, 0) is 81.2 Å². The molecular formula is C43H84. The van der Waals surface area contributed by atoms with Gasteiger partial charge in [0.05, 0.1) is 0 Å². The predicted molar refractivity (Wildman–Crippen MR) is 195 cm³/mol. The summed E-state index contributed by atoms with van der Waals surface area (Å²) in [7, 11) is 0. The van der Waals surface area contributed by atoms with Gasteiger partial charge < -0.3 is 0 Å². The molecule has 2 aliphatic rings. The van der Waals surface area contributed by atoms with Crippen molar-refractivity contribution in [2.45, 2.75) is 194 Å². The van der Waals surface area contributed by atoms with Crippen LogP contribution in [0.5, 0.6) is 0 Å². The molecule has 0 bridgehead atoms. The lowest BCUT2D eigenvalue weighted by Gasteiger charge is -2.85. The third-order valence-electron chi connectivity index (χ3n) is 23.1. The zero-order valence-electron chi connectivity index (χ0n) is 35.5. The van der Waals surface area contributed by atoms with E-state index in [9.17, 15) is 0 Å². The fraction of sp³-hybridized carbons (Fsp3) is 1.00. The molecule has 0 heterocycles. The van der Waals surface area contributed by atoms with Crippen LogP contribution in [0.2, 0.25) is 0 Å². The van der Waals surface area contributed by atoms with Gasteiger partial charge in [-0.15, -0.1) is 0 Å². The molecule has 2 aliphatic carbocycles. The first-order valence-electron chi connectivity index (χ1n) is 18.0. The molecule has 0 amide bonds. The Bertz CT molecular complexity index is 965. The first-order chi connectivity index (χ1) is 18.0. The minimum Gasteiger partial charge on any atom is -0.0588 e. The molecule has 0 unspecified atom stereocenters. The second-order valence-corrected chi connectivity index (χ2v) is 23.4. The van der Waals surface area contributed by atoms with E-state index in [1.807, 2.05) is 0 Å². The van der Waals surface area contributed by atoms with Crippen molar-refractivity contribution in [3.8, 4) is 0 Å². The van der Waals surface area contributed by atoms with E-state index < -0.39 is 0 Å². The number of rotatable bonds is 4. The van der Waals surface area contributed by atoms with Crippen LogP contribution in [-0.4, -0.2) is 0 Å². The molecule has 0 aromatic heterocycles. The van der Waals surface area contributed by atoms with Crippen molar-refractivity contribution in [1.82, 2.24) is 0 Å². The minimum atomic E-state index is -0.0200. The highest BCUT2D eigenvalue weighted by molar-refractivity contribution is 5.29. The fourth-order valence-corrected chi connectivity index (χ4v) is 13.9. The van der Waals surface area contributed by atoms with E-state index in [1.165, 1.54) is 0 Å². The van der Waals surface area contributed by atoms with Gasteiger partial charge in [0.2, 0.25) is 0 Å². The van der Waals surface area contributed by atoms with Crippen LogP contribution in [0, 0.1) is 81.2 Å². The molecule has 0 aliphatic heterocycles. The molecule has 0 saturated heterocycles. The molecule has 0 atom stereocenters. The highest BCUT2D eigenvalue weighted by Crippen LogP contribution is 2.88. The molecule has 0 nitrogen and oxygen atoms in total. The summed E-state index contributed by atoms with van der Waals surface area (Å²) in [6, 6.07) is 0. The van der Waals surface area contributed by atoms with Crippen LogP contribution in [0.3, 0.4) is 0 Å². The van der Waals surface area contributed by atoms with Crippen molar-refractivity contribution in [2.75, 3.05) is 0 Å². The van der Waals surface area contributed by atoms with Gasteiger partial charge in [0, 0.05) is 0 Å². The second-order valence-electron chi connectivity index (χ2n) is 23.4. The van der Waals surface area contributed by atoms with Crippen molar-refractivity contribution < 1.29 is 0 Å². The summed E-state index contributed by atoms with van der Waals surface area (Å²) in [5, 5.41) is 0. The summed E-state index contributed by atoms with van der Waals surface area (Å²) in [5.41, 5.74) is 1.03. The Morgan fingerprint density at radius 1 is 0.209 bits per heavy atom. The van der Waals surface area contributed by atoms with Crippen LogP contribution >= 0.6 is 0 Å². The van der Waals surface area contributed by atoms with Crippen LogP contribution in [0.15, 0.2) is 0 Å². The van der Waals surface area contributed by atoms with Crippen LogP contribution < -0.4 is 0 Å². The highest BCUT2D eigenvalue weighted by atomic mass is 14.9. The molecule has 0 spiro atoms. The minimum absolute atomic E-state index is 0.0138. The molecule has 2 saturated carbocycles. The van der Waals surface area contributed by atoms with Crippen molar-refractivity contribution in [3.05, 3.63) is 0 Å². The van der Waals surface area contributed by atoms with Crippen molar-refractivity contribution in [3.63, 3.8) is 0 Å². The largest absolute Gasteiger partial charge is 0.0588 e. The van der Waals surface area contributed by atoms with E-state index >= 15 is 0 Å². The molecule has 2 fully saturated rings. The van der Waals surface area contributed by atoms with E-state index in [4.69, 9.17) is 0 Å². The van der Waals surface area contributed by atoms with Crippen molar-refractivity contribution >= 4 is 0 Å². The van der Waals surface area contributed by atoms with Gasteiger partial charge in [-0.2, -0.15) is 0 Å².